The van der Waals surface area contributed by atoms with Crippen molar-refractivity contribution in [3.05, 3.63) is 23.5 Å². The lowest BCUT2D eigenvalue weighted by molar-refractivity contribution is -0.0860. The molecular weight excluding hydrogens is 376 g/mol. The zero-order valence-corrected chi connectivity index (χ0v) is 16.4. The van der Waals surface area contributed by atoms with Gasteiger partial charge >= 0.3 is 0 Å². The SMILES string of the molecule is Cc1nc(C(C)(F)F)ccc1S(=O)(=O)N1CC2(CN(CC3CCOC3)C2)C1. The molecule has 6 nitrogen and oxygen atoms in total. The summed E-state index contributed by atoms with van der Waals surface area (Å²) >= 11 is 0. The molecule has 4 heterocycles. The van der Waals surface area contributed by atoms with Crippen molar-refractivity contribution in [1.29, 1.82) is 0 Å². The number of pyridine rings is 1. The molecule has 3 aliphatic heterocycles. The Morgan fingerprint density at radius 3 is 2.56 bits per heavy atom. The van der Waals surface area contributed by atoms with Gasteiger partial charge in [-0.15, -0.1) is 0 Å². The molecule has 1 unspecified atom stereocenters. The van der Waals surface area contributed by atoms with Gasteiger partial charge in [0.15, 0.2) is 0 Å². The number of aryl methyl sites for hydroxylation is 1. The van der Waals surface area contributed by atoms with E-state index in [1.165, 1.54) is 17.3 Å². The number of aromatic nitrogens is 1. The second-order valence-electron chi connectivity index (χ2n) is 8.34. The minimum atomic E-state index is -3.69. The van der Waals surface area contributed by atoms with Crippen LogP contribution >= 0.6 is 0 Å². The molecule has 1 atom stereocenters. The molecular formula is C18H25F2N3O3S. The Balaban J connectivity index is 1.38. The minimum Gasteiger partial charge on any atom is -0.381 e. The molecule has 3 saturated heterocycles. The maximum Gasteiger partial charge on any atom is 0.286 e. The second kappa shape index (κ2) is 6.43. The zero-order chi connectivity index (χ0) is 19.4. The van der Waals surface area contributed by atoms with Crippen LogP contribution in [0.2, 0.25) is 0 Å². The molecule has 1 aromatic rings. The van der Waals surface area contributed by atoms with Gasteiger partial charge in [-0.1, -0.05) is 0 Å². The van der Waals surface area contributed by atoms with Gasteiger partial charge in [-0.3, -0.25) is 4.98 Å². The number of hydrogen-bond acceptors (Lipinski definition) is 5. The number of alkyl halides is 2. The molecule has 9 heteroatoms. The summed E-state index contributed by atoms with van der Waals surface area (Å²) in [5.41, 5.74) is -0.249. The summed E-state index contributed by atoms with van der Waals surface area (Å²) < 4.78 is 59.4. The highest BCUT2D eigenvalue weighted by molar-refractivity contribution is 7.89. The third-order valence-electron chi connectivity index (χ3n) is 5.79. The van der Waals surface area contributed by atoms with E-state index in [2.05, 4.69) is 9.88 Å². The molecule has 0 N–H and O–H groups in total. The highest BCUT2D eigenvalue weighted by atomic mass is 32.2. The molecule has 150 valence electrons. The summed E-state index contributed by atoms with van der Waals surface area (Å²) in [4.78, 5) is 6.20. The van der Waals surface area contributed by atoms with Gasteiger partial charge < -0.3 is 9.64 Å². The van der Waals surface area contributed by atoms with Crippen LogP contribution in [-0.4, -0.2) is 68.5 Å². The summed E-state index contributed by atoms with van der Waals surface area (Å²) in [6.45, 7) is 7.69. The molecule has 0 aliphatic carbocycles. The van der Waals surface area contributed by atoms with Gasteiger partial charge in [0.25, 0.3) is 5.92 Å². The van der Waals surface area contributed by atoms with Crippen LogP contribution in [0.15, 0.2) is 17.0 Å². The quantitative estimate of drug-likeness (QED) is 0.754. The van der Waals surface area contributed by atoms with Crippen molar-refractivity contribution < 1.29 is 21.9 Å². The first kappa shape index (κ1) is 19.2. The fraction of sp³-hybridized carbons (Fsp3) is 0.722. The Morgan fingerprint density at radius 1 is 1.30 bits per heavy atom. The highest BCUT2D eigenvalue weighted by Gasteiger charge is 2.55. The Morgan fingerprint density at radius 2 is 2.00 bits per heavy atom. The molecule has 4 rings (SSSR count). The number of ether oxygens (including phenoxy) is 1. The van der Waals surface area contributed by atoms with Gasteiger partial charge in [0.1, 0.15) is 10.6 Å². The smallest absolute Gasteiger partial charge is 0.286 e. The van der Waals surface area contributed by atoms with Crippen molar-refractivity contribution in [2.45, 2.75) is 31.1 Å². The maximum absolute atomic E-state index is 13.4. The van der Waals surface area contributed by atoms with E-state index in [0.29, 0.717) is 19.0 Å². The standard InChI is InChI=1S/C18H25F2N3O3S/c1-13-15(3-4-16(21-13)17(2,19)20)27(24,25)23-11-18(12-23)9-22(10-18)7-14-5-6-26-8-14/h3-4,14H,5-12H2,1-2H3. The molecule has 3 aliphatic rings. The van der Waals surface area contributed by atoms with Gasteiger partial charge in [-0.05, 0) is 31.4 Å². The van der Waals surface area contributed by atoms with Gasteiger partial charge in [0.2, 0.25) is 10.0 Å². The molecule has 1 spiro atoms. The summed E-state index contributed by atoms with van der Waals surface area (Å²) in [6.07, 6.45) is 1.10. The molecule has 0 amide bonds. The van der Waals surface area contributed by atoms with E-state index in [1.807, 2.05) is 0 Å². The van der Waals surface area contributed by atoms with E-state index in [0.717, 1.165) is 52.3 Å². The fourth-order valence-corrected chi connectivity index (χ4v) is 6.23. The lowest BCUT2D eigenvalue weighted by Crippen LogP contribution is -2.73. The average Bonchev–Trinajstić information content (AvgIpc) is 2.99. The van der Waals surface area contributed by atoms with Crippen molar-refractivity contribution >= 4 is 10.0 Å². The molecule has 0 radical (unpaired) electrons. The monoisotopic (exact) mass is 401 g/mol. The largest absolute Gasteiger partial charge is 0.381 e. The number of rotatable bonds is 5. The highest BCUT2D eigenvalue weighted by Crippen LogP contribution is 2.43. The number of hydrogen-bond donors (Lipinski definition) is 0. The van der Waals surface area contributed by atoms with Gasteiger partial charge in [-0.25, -0.2) is 8.42 Å². The van der Waals surface area contributed by atoms with Crippen LogP contribution in [0.5, 0.6) is 0 Å². The van der Waals surface area contributed by atoms with E-state index in [4.69, 9.17) is 4.74 Å². The van der Waals surface area contributed by atoms with E-state index in [-0.39, 0.29) is 16.0 Å². The van der Waals surface area contributed by atoms with E-state index < -0.39 is 21.6 Å². The van der Waals surface area contributed by atoms with Crippen molar-refractivity contribution in [3.63, 3.8) is 0 Å². The first-order chi connectivity index (χ1) is 12.6. The van der Waals surface area contributed by atoms with Crippen LogP contribution in [0.1, 0.15) is 24.7 Å². The van der Waals surface area contributed by atoms with Crippen molar-refractivity contribution in [1.82, 2.24) is 14.2 Å². The third-order valence-corrected chi connectivity index (χ3v) is 7.71. The van der Waals surface area contributed by atoms with Crippen LogP contribution in [0.4, 0.5) is 8.78 Å². The summed E-state index contributed by atoms with van der Waals surface area (Å²) in [5, 5.41) is 0. The Labute approximate surface area is 158 Å². The normalized spacial score (nSPS) is 26.1. The Hall–Kier alpha value is -1.16. The summed E-state index contributed by atoms with van der Waals surface area (Å²) in [7, 11) is -3.69. The topological polar surface area (TPSA) is 62.7 Å². The number of sulfonamides is 1. The fourth-order valence-electron chi connectivity index (χ4n) is 4.40. The number of halogens is 2. The van der Waals surface area contributed by atoms with Gasteiger partial charge in [-0.2, -0.15) is 13.1 Å². The minimum absolute atomic E-state index is 0.0182. The molecule has 0 bridgehead atoms. The van der Waals surface area contributed by atoms with Crippen molar-refractivity contribution in [2.75, 3.05) is 45.9 Å². The zero-order valence-electron chi connectivity index (χ0n) is 15.6. The molecule has 3 fully saturated rings. The Bertz CT molecular complexity index is 821. The molecule has 0 aromatic carbocycles. The first-order valence-corrected chi connectivity index (χ1v) is 10.7. The molecule has 1 aromatic heterocycles. The van der Waals surface area contributed by atoms with E-state index in [1.54, 1.807) is 0 Å². The van der Waals surface area contributed by atoms with Crippen molar-refractivity contribution in [2.24, 2.45) is 11.3 Å². The van der Waals surface area contributed by atoms with Crippen LogP contribution in [0.3, 0.4) is 0 Å². The predicted molar refractivity (Wildman–Crippen MR) is 95.1 cm³/mol. The molecule has 27 heavy (non-hydrogen) atoms. The van der Waals surface area contributed by atoms with Crippen LogP contribution < -0.4 is 0 Å². The Kier molecular flexibility index (Phi) is 4.57. The number of likely N-dealkylation sites (tertiary alicyclic amines) is 1. The summed E-state index contributed by atoms with van der Waals surface area (Å²) in [5.74, 6) is -2.50. The van der Waals surface area contributed by atoms with E-state index >= 15 is 0 Å². The third kappa shape index (κ3) is 3.50. The van der Waals surface area contributed by atoms with E-state index in [9.17, 15) is 17.2 Å². The maximum atomic E-state index is 13.4. The first-order valence-electron chi connectivity index (χ1n) is 9.25. The van der Waals surface area contributed by atoms with Gasteiger partial charge in [0, 0.05) is 51.7 Å². The van der Waals surface area contributed by atoms with Crippen LogP contribution in [0, 0.1) is 18.3 Å². The van der Waals surface area contributed by atoms with Crippen LogP contribution in [-0.2, 0) is 20.7 Å². The molecule has 0 saturated carbocycles. The predicted octanol–water partition coefficient (Wildman–Crippen LogP) is 1.84. The lowest BCUT2D eigenvalue weighted by Gasteiger charge is -2.60. The van der Waals surface area contributed by atoms with Crippen molar-refractivity contribution in [3.8, 4) is 0 Å². The average molecular weight is 401 g/mol. The number of nitrogens with zero attached hydrogens (tertiary/aromatic N) is 3. The van der Waals surface area contributed by atoms with Gasteiger partial charge in [0.05, 0.1) is 12.3 Å². The van der Waals surface area contributed by atoms with Crippen LogP contribution in [0.25, 0.3) is 0 Å². The summed E-state index contributed by atoms with van der Waals surface area (Å²) in [6, 6.07) is 2.35. The lowest BCUT2D eigenvalue weighted by atomic mass is 9.74. The second-order valence-corrected chi connectivity index (χ2v) is 10.2.